The third-order valence-corrected chi connectivity index (χ3v) is 2.15. The molecular weight excluding hydrogens is 228 g/mol. The monoisotopic (exact) mass is 242 g/mol. The normalized spacial score (nSPS) is 11.9. The van der Waals surface area contributed by atoms with Crippen LogP contribution < -0.4 is 10.6 Å². The first-order valence-corrected chi connectivity index (χ1v) is 5.31. The summed E-state index contributed by atoms with van der Waals surface area (Å²) in [7, 11) is 1.59. The van der Waals surface area contributed by atoms with Gasteiger partial charge in [-0.05, 0) is 31.2 Å². The standard InChI is InChI=1S/C11H15ClN2O2/c1-8(7-16-2)13-11(15)14-10-5-3-9(12)4-6-10/h3-6,8H,7H2,1-2H3,(H2,13,14,15)/t8-/m1/s1. The maximum Gasteiger partial charge on any atom is 0.319 e. The number of nitrogens with one attached hydrogen (secondary N) is 2. The molecule has 1 atom stereocenters. The van der Waals surface area contributed by atoms with Crippen molar-refractivity contribution in [2.75, 3.05) is 19.0 Å². The summed E-state index contributed by atoms with van der Waals surface area (Å²) < 4.78 is 4.91. The van der Waals surface area contributed by atoms with E-state index in [1.165, 1.54) is 0 Å². The Kier molecular flexibility index (Phi) is 5.08. The van der Waals surface area contributed by atoms with Crippen molar-refractivity contribution in [2.24, 2.45) is 0 Å². The van der Waals surface area contributed by atoms with Gasteiger partial charge in [-0.2, -0.15) is 0 Å². The van der Waals surface area contributed by atoms with E-state index in [1.807, 2.05) is 6.92 Å². The molecule has 5 heteroatoms. The Morgan fingerprint density at radius 3 is 2.62 bits per heavy atom. The summed E-state index contributed by atoms with van der Waals surface area (Å²) in [6.45, 7) is 2.35. The second-order valence-electron chi connectivity index (χ2n) is 3.46. The minimum Gasteiger partial charge on any atom is -0.383 e. The van der Waals surface area contributed by atoms with Gasteiger partial charge in [0.25, 0.3) is 0 Å². The molecule has 0 aliphatic heterocycles. The predicted molar refractivity (Wildman–Crippen MR) is 64.9 cm³/mol. The largest absolute Gasteiger partial charge is 0.383 e. The topological polar surface area (TPSA) is 50.4 Å². The zero-order valence-electron chi connectivity index (χ0n) is 9.29. The Hall–Kier alpha value is -1.26. The van der Waals surface area contributed by atoms with Crippen LogP contribution in [-0.2, 0) is 4.74 Å². The van der Waals surface area contributed by atoms with Crippen molar-refractivity contribution < 1.29 is 9.53 Å². The molecule has 0 spiro atoms. The fraction of sp³-hybridized carbons (Fsp3) is 0.364. The first kappa shape index (κ1) is 12.8. The highest BCUT2D eigenvalue weighted by Crippen LogP contribution is 2.12. The van der Waals surface area contributed by atoms with Crippen LogP contribution in [0.3, 0.4) is 0 Å². The molecule has 0 radical (unpaired) electrons. The van der Waals surface area contributed by atoms with Gasteiger partial charge < -0.3 is 15.4 Å². The van der Waals surface area contributed by atoms with Gasteiger partial charge in [0.1, 0.15) is 0 Å². The quantitative estimate of drug-likeness (QED) is 0.852. The lowest BCUT2D eigenvalue weighted by Gasteiger charge is -2.13. The number of ether oxygens (including phenoxy) is 1. The summed E-state index contributed by atoms with van der Waals surface area (Å²) in [6, 6.07) is 6.63. The maximum absolute atomic E-state index is 11.5. The van der Waals surface area contributed by atoms with Crippen molar-refractivity contribution in [1.29, 1.82) is 0 Å². The van der Waals surface area contributed by atoms with Gasteiger partial charge >= 0.3 is 6.03 Å². The summed E-state index contributed by atoms with van der Waals surface area (Å²) >= 11 is 5.73. The molecule has 0 heterocycles. The number of carbonyl (C=O) groups excluding carboxylic acids is 1. The summed E-state index contributed by atoms with van der Waals surface area (Å²) in [6.07, 6.45) is 0. The van der Waals surface area contributed by atoms with Crippen LogP contribution in [0.15, 0.2) is 24.3 Å². The van der Waals surface area contributed by atoms with Crippen LogP contribution in [0.5, 0.6) is 0 Å². The van der Waals surface area contributed by atoms with Crippen molar-refractivity contribution in [3.63, 3.8) is 0 Å². The third kappa shape index (κ3) is 4.51. The van der Waals surface area contributed by atoms with Gasteiger partial charge in [-0.15, -0.1) is 0 Å². The molecule has 0 saturated heterocycles. The van der Waals surface area contributed by atoms with E-state index in [1.54, 1.807) is 31.4 Å². The number of halogens is 1. The number of benzene rings is 1. The molecule has 0 saturated carbocycles. The molecule has 0 aliphatic carbocycles. The van der Waals surface area contributed by atoms with Crippen molar-refractivity contribution in [2.45, 2.75) is 13.0 Å². The molecule has 0 fully saturated rings. The Balaban J connectivity index is 2.42. The minimum absolute atomic E-state index is 0.0303. The minimum atomic E-state index is -0.258. The molecule has 16 heavy (non-hydrogen) atoms. The van der Waals surface area contributed by atoms with Gasteiger partial charge in [0.2, 0.25) is 0 Å². The molecule has 4 nitrogen and oxygen atoms in total. The van der Waals surface area contributed by atoms with Crippen LogP contribution in [0.25, 0.3) is 0 Å². The third-order valence-electron chi connectivity index (χ3n) is 1.90. The average molecular weight is 243 g/mol. The van der Waals surface area contributed by atoms with Gasteiger partial charge in [0.05, 0.1) is 12.6 Å². The number of urea groups is 1. The van der Waals surface area contributed by atoms with Crippen molar-refractivity contribution in [3.8, 4) is 0 Å². The number of methoxy groups -OCH3 is 1. The lowest BCUT2D eigenvalue weighted by molar-refractivity contribution is 0.173. The summed E-state index contributed by atoms with van der Waals surface area (Å²) in [5.41, 5.74) is 0.700. The van der Waals surface area contributed by atoms with Crippen molar-refractivity contribution in [3.05, 3.63) is 29.3 Å². The van der Waals surface area contributed by atoms with Crippen LogP contribution in [0, 0.1) is 0 Å². The van der Waals surface area contributed by atoms with Gasteiger partial charge in [-0.25, -0.2) is 4.79 Å². The number of hydrogen-bond donors (Lipinski definition) is 2. The molecule has 88 valence electrons. The lowest BCUT2D eigenvalue weighted by Crippen LogP contribution is -2.38. The smallest absolute Gasteiger partial charge is 0.319 e. The summed E-state index contributed by atoms with van der Waals surface area (Å²) in [5, 5.41) is 6.07. The molecule has 2 amide bonds. The fourth-order valence-corrected chi connectivity index (χ4v) is 1.34. The molecule has 0 aliphatic rings. The second-order valence-corrected chi connectivity index (χ2v) is 3.90. The Bertz CT molecular complexity index is 340. The van der Waals surface area contributed by atoms with E-state index in [0.717, 1.165) is 0 Å². The van der Waals surface area contributed by atoms with Gasteiger partial charge in [0.15, 0.2) is 0 Å². The molecular formula is C11H15ClN2O2. The van der Waals surface area contributed by atoms with Crippen molar-refractivity contribution in [1.82, 2.24) is 5.32 Å². The van der Waals surface area contributed by atoms with Crippen LogP contribution in [0.4, 0.5) is 10.5 Å². The lowest BCUT2D eigenvalue weighted by atomic mass is 10.3. The van der Waals surface area contributed by atoms with Gasteiger partial charge in [0, 0.05) is 17.8 Å². The highest BCUT2D eigenvalue weighted by Gasteiger charge is 2.06. The first-order chi connectivity index (χ1) is 7.61. The predicted octanol–water partition coefficient (Wildman–Crippen LogP) is 2.50. The molecule has 1 aromatic rings. The number of rotatable bonds is 4. The SMILES string of the molecule is COC[C@@H](C)NC(=O)Nc1ccc(Cl)cc1. The molecule has 0 unspecified atom stereocenters. The van der Waals surface area contributed by atoms with E-state index in [2.05, 4.69) is 10.6 Å². The maximum atomic E-state index is 11.5. The van der Waals surface area contributed by atoms with E-state index in [-0.39, 0.29) is 12.1 Å². The van der Waals surface area contributed by atoms with E-state index < -0.39 is 0 Å². The van der Waals surface area contributed by atoms with Crippen LogP contribution in [0.2, 0.25) is 5.02 Å². The van der Waals surface area contributed by atoms with E-state index in [4.69, 9.17) is 16.3 Å². The van der Waals surface area contributed by atoms with E-state index >= 15 is 0 Å². The van der Waals surface area contributed by atoms with Crippen LogP contribution in [0.1, 0.15) is 6.92 Å². The number of amides is 2. The number of carbonyl (C=O) groups is 1. The van der Waals surface area contributed by atoms with E-state index in [9.17, 15) is 4.79 Å². The highest BCUT2D eigenvalue weighted by atomic mass is 35.5. The highest BCUT2D eigenvalue weighted by molar-refractivity contribution is 6.30. The van der Waals surface area contributed by atoms with Crippen LogP contribution in [-0.4, -0.2) is 25.8 Å². The zero-order valence-corrected chi connectivity index (χ0v) is 10.0. The Morgan fingerprint density at radius 2 is 2.06 bits per heavy atom. The Morgan fingerprint density at radius 1 is 1.44 bits per heavy atom. The second kappa shape index (κ2) is 6.35. The van der Waals surface area contributed by atoms with Gasteiger partial charge in [-0.1, -0.05) is 11.6 Å². The van der Waals surface area contributed by atoms with E-state index in [0.29, 0.717) is 17.3 Å². The molecule has 0 aromatic heterocycles. The van der Waals surface area contributed by atoms with Crippen molar-refractivity contribution >= 4 is 23.3 Å². The average Bonchev–Trinajstić information content (AvgIpc) is 2.21. The number of hydrogen-bond acceptors (Lipinski definition) is 2. The summed E-state index contributed by atoms with van der Waals surface area (Å²) in [4.78, 5) is 11.5. The fourth-order valence-electron chi connectivity index (χ4n) is 1.22. The van der Waals surface area contributed by atoms with Gasteiger partial charge in [-0.3, -0.25) is 0 Å². The molecule has 2 N–H and O–H groups in total. The molecule has 1 aromatic carbocycles. The molecule has 0 bridgehead atoms. The van der Waals surface area contributed by atoms with Crippen LogP contribution >= 0.6 is 11.6 Å². The Labute approximate surface area is 99.9 Å². The first-order valence-electron chi connectivity index (χ1n) is 4.94. The zero-order chi connectivity index (χ0) is 12.0. The molecule has 1 rings (SSSR count). The number of anilines is 1. The summed E-state index contributed by atoms with van der Waals surface area (Å²) in [5.74, 6) is 0.